The van der Waals surface area contributed by atoms with Crippen LogP contribution in [-0.4, -0.2) is 47.4 Å². The number of carbonyl (C=O) groups is 2. The van der Waals surface area contributed by atoms with Gasteiger partial charge in [0.25, 0.3) is 5.91 Å². The number of aromatic amines is 1. The number of amides is 2. The first-order chi connectivity index (χ1) is 15.5. The lowest BCUT2D eigenvalue weighted by atomic mass is 9.92. The number of rotatable bonds is 3. The van der Waals surface area contributed by atoms with E-state index < -0.39 is 5.91 Å². The topological polar surface area (TPSA) is 82.4 Å². The zero-order chi connectivity index (χ0) is 22.4. The van der Waals surface area contributed by atoms with E-state index in [1.54, 1.807) is 6.92 Å². The molecule has 3 N–H and O–H groups in total. The maximum atomic E-state index is 12.6. The molecule has 0 radical (unpaired) electrons. The quantitative estimate of drug-likeness (QED) is 0.602. The number of hydrogen-bond acceptors (Lipinski definition) is 3. The summed E-state index contributed by atoms with van der Waals surface area (Å²) in [7, 11) is 0. The van der Waals surface area contributed by atoms with Gasteiger partial charge in [0, 0.05) is 35.9 Å². The monoisotopic (exact) mass is 448 g/mol. The van der Waals surface area contributed by atoms with Gasteiger partial charge in [0.2, 0.25) is 5.91 Å². The summed E-state index contributed by atoms with van der Waals surface area (Å²) < 4.78 is 0. The smallest absolute Gasteiger partial charge is 0.298 e. The molecule has 0 aliphatic carbocycles. The number of fused-ring (bicyclic) bond motifs is 4. The molecular formula is C25H25ClN4O2. The van der Waals surface area contributed by atoms with Crippen molar-refractivity contribution in [1.82, 2.24) is 9.88 Å². The molecule has 2 unspecified atom stereocenters. The Kier molecular flexibility index (Phi) is 5.22. The molecular weight excluding hydrogens is 424 g/mol. The third kappa shape index (κ3) is 3.37. The van der Waals surface area contributed by atoms with E-state index in [-0.39, 0.29) is 18.4 Å². The van der Waals surface area contributed by atoms with Gasteiger partial charge < -0.3 is 20.5 Å². The van der Waals surface area contributed by atoms with Gasteiger partial charge >= 0.3 is 0 Å². The van der Waals surface area contributed by atoms with Crippen molar-refractivity contribution >= 4 is 50.9 Å². The molecule has 1 aromatic heterocycles. The van der Waals surface area contributed by atoms with E-state index in [9.17, 15) is 9.59 Å². The number of piperidine rings is 1. The molecule has 2 fully saturated rings. The largest absolute Gasteiger partial charge is 0.369 e. The molecule has 2 saturated heterocycles. The third-order valence-electron chi connectivity index (χ3n) is 6.75. The lowest BCUT2D eigenvalue weighted by molar-refractivity contribution is -0.129. The molecule has 5 rings (SSSR count). The Morgan fingerprint density at radius 1 is 1.28 bits per heavy atom. The number of nitrogens with two attached hydrogens (primary N) is 1. The fraction of sp³-hybridized carbons (Fsp3) is 0.360. The molecule has 0 spiro atoms. The normalized spacial score (nSPS) is 20.3. The van der Waals surface area contributed by atoms with Crippen molar-refractivity contribution in [1.29, 1.82) is 0 Å². The molecule has 3 heterocycles. The highest BCUT2D eigenvalue weighted by Crippen LogP contribution is 2.44. The first-order valence-corrected chi connectivity index (χ1v) is 11.3. The number of aromatic nitrogens is 1. The van der Waals surface area contributed by atoms with Crippen LogP contribution >= 0.6 is 11.6 Å². The molecule has 3 aromatic rings. The second-order valence-corrected chi connectivity index (χ2v) is 9.09. The molecule has 6 nitrogen and oxygen atoms in total. The van der Waals surface area contributed by atoms with E-state index in [1.807, 2.05) is 29.2 Å². The fourth-order valence-corrected chi connectivity index (χ4v) is 5.82. The summed E-state index contributed by atoms with van der Waals surface area (Å²) in [6, 6.07) is 10.1. The van der Waals surface area contributed by atoms with Gasteiger partial charge in [-0.1, -0.05) is 35.7 Å². The number of benzene rings is 2. The van der Waals surface area contributed by atoms with E-state index >= 15 is 0 Å². The predicted octanol–water partition coefficient (Wildman–Crippen LogP) is 3.45. The second-order valence-electron chi connectivity index (χ2n) is 8.68. The number of likely N-dealkylation sites (tertiary alicyclic amines) is 1. The summed E-state index contributed by atoms with van der Waals surface area (Å²) in [5.74, 6) is 5.35. The Balaban J connectivity index is 1.63. The van der Waals surface area contributed by atoms with E-state index in [4.69, 9.17) is 17.3 Å². The maximum absolute atomic E-state index is 12.6. The van der Waals surface area contributed by atoms with Crippen molar-refractivity contribution in [2.24, 2.45) is 11.7 Å². The summed E-state index contributed by atoms with van der Waals surface area (Å²) in [5, 5.41) is 2.67. The van der Waals surface area contributed by atoms with Gasteiger partial charge in [-0.2, -0.15) is 0 Å². The minimum absolute atomic E-state index is 0.0933. The van der Waals surface area contributed by atoms with Crippen molar-refractivity contribution in [3.05, 3.63) is 40.9 Å². The number of hydrogen-bond donors (Lipinski definition) is 2. The van der Waals surface area contributed by atoms with Crippen molar-refractivity contribution < 1.29 is 9.59 Å². The Morgan fingerprint density at radius 2 is 2.09 bits per heavy atom. The van der Waals surface area contributed by atoms with Crippen LogP contribution in [0.4, 0.5) is 5.69 Å². The van der Waals surface area contributed by atoms with Gasteiger partial charge in [-0.25, -0.2) is 0 Å². The Morgan fingerprint density at radius 3 is 2.88 bits per heavy atom. The van der Waals surface area contributed by atoms with E-state index in [2.05, 4.69) is 27.8 Å². The van der Waals surface area contributed by atoms with Crippen LogP contribution in [0.3, 0.4) is 0 Å². The van der Waals surface area contributed by atoms with Crippen LogP contribution in [0.15, 0.2) is 30.3 Å². The number of nitrogens with one attached hydrogen (secondary N) is 1. The van der Waals surface area contributed by atoms with Crippen LogP contribution in [-0.2, 0) is 16.0 Å². The third-order valence-corrected chi connectivity index (χ3v) is 7.03. The lowest BCUT2D eigenvalue weighted by Gasteiger charge is -2.35. The molecule has 32 heavy (non-hydrogen) atoms. The number of halogens is 1. The average molecular weight is 449 g/mol. The van der Waals surface area contributed by atoms with Crippen LogP contribution in [0.2, 0.25) is 5.02 Å². The highest BCUT2D eigenvalue weighted by Gasteiger charge is 2.41. The molecule has 2 atom stereocenters. The Hall–Kier alpha value is -3.17. The number of H-pyrrole nitrogens is 1. The van der Waals surface area contributed by atoms with E-state index in [0.717, 1.165) is 59.0 Å². The van der Waals surface area contributed by atoms with Crippen LogP contribution < -0.4 is 10.6 Å². The molecule has 7 heteroatoms. The summed E-state index contributed by atoms with van der Waals surface area (Å²) in [5.41, 5.74) is 9.14. The summed E-state index contributed by atoms with van der Waals surface area (Å²) in [6.45, 7) is 3.99. The van der Waals surface area contributed by atoms with Gasteiger partial charge in [0.05, 0.1) is 28.7 Å². The highest BCUT2D eigenvalue weighted by molar-refractivity contribution is 6.36. The molecule has 2 aliphatic rings. The van der Waals surface area contributed by atoms with Crippen LogP contribution in [0.25, 0.3) is 21.8 Å². The minimum Gasteiger partial charge on any atom is -0.369 e. The van der Waals surface area contributed by atoms with Gasteiger partial charge in [0.1, 0.15) is 0 Å². The predicted molar refractivity (Wildman–Crippen MR) is 128 cm³/mol. The standard InChI is InChI=1S/C25H25ClN4O2/c1-2-6-22(32)30-10-5-7-15-13-29(14-20(15)30)25-18(26)11-16(12-21(27)31)24-23(25)17-8-3-4-9-19(17)28-24/h3-4,8-9,11,15,20,28H,5,7,10,12-14H2,1H3,(H2,27,31). The van der Waals surface area contributed by atoms with Crippen molar-refractivity contribution in [3.8, 4) is 11.8 Å². The molecule has 2 aromatic carbocycles. The number of nitrogens with zero attached hydrogens (tertiary/aromatic N) is 2. The van der Waals surface area contributed by atoms with Gasteiger partial charge in [-0.3, -0.25) is 9.59 Å². The Bertz CT molecular complexity index is 1300. The molecule has 164 valence electrons. The molecule has 2 amide bonds. The van der Waals surface area contributed by atoms with Crippen molar-refractivity contribution in [2.45, 2.75) is 32.2 Å². The van der Waals surface area contributed by atoms with Crippen LogP contribution in [0, 0.1) is 17.8 Å². The number of carbonyl (C=O) groups excluding carboxylic acids is 2. The number of para-hydroxylation sites is 1. The van der Waals surface area contributed by atoms with E-state index in [0.29, 0.717) is 17.5 Å². The van der Waals surface area contributed by atoms with Gasteiger partial charge in [0.15, 0.2) is 0 Å². The Labute approximate surface area is 191 Å². The first-order valence-electron chi connectivity index (χ1n) is 11.0. The van der Waals surface area contributed by atoms with Crippen molar-refractivity contribution in [2.75, 3.05) is 24.5 Å². The lowest BCUT2D eigenvalue weighted by Crippen LogP contribution is -2.48. The fourth-order valence-electron chi connectivity index (χ4n) is 5.47. The second kappa shape index (κ2) is 8.07. The summed E-state index contributed by atoms with van der Waals surface area (Å²) in [4.78, 5) is 32.0. The van der Waals surface area contributed by atoms with Crippen LogP contribution in [0.1, 0.15) is 25.3 Å². The first kappa shape index (κ1) is 20.7. The molecule has 2 aliphatic heterocycles. The van der Waals surface area contributed by atoms with Gasteiger partial charge in [-0.05, 0) is 49.3 Å². The molecule has 0 bridgehead atoms. The summed E-state index contributed by atoms with van der Waals surface area (Å²) >= 11 is 6.86. The number of primary amides is 1. The SMILES string of the molecule is CC#CC(=O)N1CCCC2CN(c3c(Cl)cc(CC(N)=O)c4[nH]c5ccccc5c34)CC21. The van der Waals surface area contributed by atoms with Crippen molar-refractivity contribution in [3.63, 3.8) is 0 Å². The van der Waals surface area contributed by atoms with E-state index in [1.165, 1.54) is 0 Å². The summed E-state index contributed by atoms with van der Waals surface area (Å²) in [6.07, 6.45) is 2.19. The molecule has 0 saturated carbocycles. The average Bonchev–Trinajstić information content (AvgIpc) is 3.35. The van der Waals surface area contributed by atoms with Crippen LogP contribution in [0.5, 0.6) is 0 Å². The minimum atomic E-state index is -0.396. The number of anilines is 1. The zero-order valence-corrected chi connectivity index (χ0v) is 18.7. The highest BCUT2D eigenvalue weighted by atomic mass is 35.5. The zero-order valence-electron chi connectivity index (χ0n) is 18.0. The van der Waals surface area contributed by atoms with Gasteiger partial charge in [-0.15, -0.1) is 0 Å². The maximum Gasteiger partial charge on any atom is 0.298 e.